The van der Waals surface area contributed by atoms with Crippen molar-refractivity contribution in [1.29, 1.82) is 0 Å². The minimum Gasteiger partial charge on any atom is -0.506 e. The maximum absolute atomic E-state index is 11.7. The Bertz CT molecular complexity index is 422. The zero-order valence-corrected chi connectivity index (χ0v) is 11.3. The predicted octanol–water partition coefficient (Wildman–Crippen LogP) is 2.41. The third kappa shape index (κ3) is 4.75. The van der Waals surface area contributed by atoms with Gasteiger partial charge in [0.15, 0.2) is 0 Å². The summed E-state index contributed by atoms with van der Waals surface area (Å²) in [6.45, 7) is 5.79. The standard InChI is InChI=1S/C14H22N2O2/c1-4-10-5-6-12(17)11(9-10)16-13(18)7-8-14(2,3)15/h5-6,9,17H,4,7-8,15H2,1-3H3,(H,16,18). The van der Waals surface area contributed by atoms with E-state index < -0.39 is 0 Å². The summed E-state index contributed by atoms with van der Waals surface area (Å²) in [4.78, 5) is 11.7. The van der Waals surface area contributed by atoms with Gasteiger partial charge in [-0.3, -0.25) is 4.79 Å². The molecule has 0 saturated heterocycles. The molecule has 0 bridgehead atoms. The molecule has 1 aromatic rings. The molecule has 0 fully saturated rings. The van der Waals surface area contributed by atoms with Crippen LogP contribution in [0.25, 0.3) is 0 Å². The molecule has 0 saturated carbocycles. The molecule has 4 N–H and O–H groups in total. The van der Waals surface area contributed by atoms with E-state index >= 15 is 0 Å². The minimum atomic E-state index is -0.356. The second-order valence-electron chi connectivity index (χ2n) is 5.24. The minimum absolute atomic E-state index is 0.0903. The fraction of sp³-hybridized carbons (Fsp3) is 0.500. The first-order valence-corrected chi connectivity index (χ1v) is 6.22. The molecule has 0 aliphatic heterocycles. The third-order valence-corrected chi connectivity index (χ3v) is 2.74. The summed E-state index contributed by atoms with van der Waals surface area (Å²) in [6, 6.07) is 5.23. The number of amides is 1. The average Bonchev–Trinajstić information content (AvgIpc) is 2.28. The zero-order chi connectivity index (χ0) is 13.8. The van der Waals surface area contributed by atoms with Crippen molar-refractivity contribution >= 4 is 11.6 Å². The molecule has 0 unspecified atom stereocenters. The van der Waals surface area contributed by atoms with Gasteiger partial charge in [0.25, 0.3) is 0 Å². The Balaban J connectivity index is 2.64. The number of aromatic hydroxyl groups is 1. The van der Waals surface area contributed by atoms with Gasteiger partial charge in [0, 0.05) is 12.0 Å². The molecule has 0 heterocycles. The number of carbonyl (C=O) groups is 1. The van der Waals surface area contributed by atoms with Gasteiger partial charge in [0.1, 0.15) is 5.75 Å². The number of hydrogen-bond donors (Lipinski definition) is 3. The Labute approximate surface area is 108 Å². The van der Waals surface area contributed by atoms with Crippen LogP contribution in [0.1, 0.15) is 39.2 Å². The van der Waals surface area contributed by atoms with Crippen LogP contribution in [0.5, 0.6) is 5.75 Å². The first-order valence-electron chi connectivity index (χ1n) is 6.22. The molecule has 1 aromatic carbocycles. The molecule has 18 heavy (non-hydrogen) atoms. The quantitative estimate of drug-likeness (QED) is 0.702. The van der Waals surface area contributed by atoms with E-state index in [4.69, 9.17) is 5.73 Å². The van der Waals surface area contributed by atoms with Gasteiger partial charge < -0.3 is 16.2 Å². The Hall–Kier alpha value is -1.55. The number of aryl methyl sites for hydroxylation is 1. The molecule has 0 atom stereocenters. The van der Waals surface area contributed by atoms with Crippen molar-refractivity contribution in [3.8, 4) is 5.75 Å². The van der Waals surface area contributed by atoms with Crippen molar-refractivity contribution in [3.63, 3.8) is 0 Å². The molecule has 100 valence electrons. The second-order valence-corrected chi connectivity index (χ2v) is 5.24. The number of carbonyl (C=O) groups excluding carboxylic acids is 1. The number of benzene rings is 1. The maximum Gasteiger partial charge on any atom is 0.224 e. The van der Waals surface area contributed by atoms with Crippen LogP contribution in [0.15, 0.2) is 18.2 Å². The van der Waals surface area contributed by atoms with Crippen LogP contribution in [0.2, 0.25) is 0 Å². The first-order chi connectivity index (χ1) is 8.31. The summed E-state index contributed by atoms with van der Waals surface area (Å²) in [5.41, 5.74) is 7.01. The van der Waals surface area contributed by atoms with E-state index in [0.717, 1.165) is 12.0 Å². The Morgan fingerprint density at radius 1 is 1.44 bits per heavy atom. The number of hydrogen-bond acceptors (Lipinski definition) is 3. The lowest BCUT2D eigenvalue weighted by Gasteiger charge is -2.17. The average molecular weight is 250 g/mol. The maximum atomic E-state index is 11.7. The van der Waals surface area contributed by atoms with Crippen LogP contribution in [0.4, 0.5) is 5.69 Å². The summed E-state index contributed by atoms with van der Waals surface area (Å²) in [7, 11) is 0. The highest BCUT2D eigenvalue weighted by Gasteiger charge is 2.14. The molecule has 4 nitrogen and oxygen atoms in total. The normalized spacial score (nSPS) is 11.3. The highest BCUT2D eigenvalue weighted by molar-refractivity contribution is 5.92. The number of phenolic OH excluding ortho intramolecular Hbond substituents is 1. The number of rotatable bonds is 5. The van der Waals surface area contributed by atoms with Crippen LogP contribution >= 0.6 is 0 Å². The van der Waals surface area contributed by atoms with Gasteiger partial charge in [0.05, 0.1) is 5.69 Å². The van der Waals surface area contributed by atoms with Crippen molar-refractivity contribution in [3.05, 3.63) is 23.8 Å². The molecule has 0 aliphatic carbocycles. The SMILES string of the molecule is CCc1ccc(O)c(NC(=O)CCC(C)(C)N)c1. The summed E-state index contributed by atoms with van der Waals surface area (Å²) < 4.78 is 0. The fourth-order valence-corrected chi connectivity index (χ4v) is 1.55. The van der Waals surface area contributed by atoms with E-state index in [1.807, 2.05) is 26.8 Å². The topological polar surface area (TPSA) is 75.3 Å². The molecular formula is C14H22N2O2. The smallest absolute Gasteiger partial charge is 0.224 e. The van der Waals surface area contributed by atoms with Crippen LogP contribution in [0.3, 0.4) is 0 Å². The summed E-state index contributed by atoms with van der Waals surface area (Å²) in [5, 5.41) is 12.4. The molecule has 0 spiro atoms. The predicted molar refractivity (Wildman–Crippen MR) is 73.6 cm³/mol. The molecule has 0 radical (unpaired) electrons. The summed E-state index contributed by atoms with van der Waals surface area (Å²) in [5.74, 6) is -0.0374. The Morgan fingerprint density at radius 3 is 2.67 bits per heavy atom. The van der Waals surface area contributed by atoms with E-state index in [1.165, 1.54) is 0 Å². The molecule has 1 rings (SSSR count). The summed E-state index contributed by atoms with van der Waals surface area (Å²) >= 11 is 0. The lowest BCUT2D eigenvalue weighted by atomic mass is 10.00. The van der Waals surface area contributed by atoms with E-state index in [-0.39, 0.29) is 17.2 Å². The number of nitrogens with two attached hydrogens (primary N) is 1. The number of nitrogens with one attached hydrogen (secondary N) is 1. The molecule has 1 amide bonds. The van der Waals surface area contributed by atoms with E-state index in [1.54, 1.807) is 12.1 Å². The van der Waals surface area contributed by atoms with E-state index in [2.05, 4.69) is 5.32 Å². The van der Waals surface area contributed by atoms with Crippen molar-refractivity contribution in [2.24, 2.45) is 5.73 Å². The second kappa shape index (κ2) is 5.87. The van der Waals surface area contributed by atoms with Crippen LogP contribution in [-0.4, -0.2) is 16.6 Å². The van der Waals surface area contributed by atoms with Crippen LogP contribution < -0.4 is 11.1 Å². The van der Waals surface area contributed by atoms with Crippen LogP contribution in [0, 0.1) is 0 Å². The zero-order valence-electron chi connectivity index (χ0n) is 11.3. The third-order valence-electron chi connectivity index (χ3n) is 2.74. The number of anilines is 1. The van der Waals surface area contributed by atoms with Gasteiger partial charge in [-0.2, -0.15) is 0 Å². The van der Waals surface area contributed by atoms with Gasteiger partial charge in [0.2, 0.25) is 5.91 Å². The van der Waals surface area contributed by atoms with Gasteiger partial charge in [-0.05, 0) is 44.4 Å². The first kappa shape index (κ1) is 14.5. The van der Waals surface area contributed by atoms with Gasteiger partial charge in [-0.1, -0.05) is 13.0 Å². The molecular weight excluding hydrogens is 228 g/mol. The van der Waals surface area contributed by atoms with Gasteiger partial charge in [-0.15, -0.1) is 0 Å². The molecule has 0 aromatic heterocycles. The highest BCUT2D eigenvalue weighted by atomic mass is 16.3. The van der Waals surface area contributed by atoms with E-state index in [0.29, 0.717) is 18.5 Å². The van der Waals surface area contributed by atoms with Crippen molar-refractivity contribution in [2.75, 3.05) is 5.32 Å². The fourth-order valence-electron chi connectivity index (χ4n) is 1.55. The molecule has 0 aliphatic rings. The van der Waals surface area contributed by atoms with Gasteiger partial charge >= 0.3 is 0 Å². The number of phenols is 1. The largest absolute Gasteiger partial charge is 0.506 e. The van der Waals surface area contributed by atoms with Crippen molar-refractivity contribution in [1.82, 2.24) is 0 Å². The monoisotopic (exact) mass is 250 g/mol. The lowest BCUT2D eigenvalue weighted by molar-refractivity contribution is -0.116. The molecule has 4 heteroatoms. The Morgan fingerprint density at radius 2 is 2.11 bits per heavy atom. The lowest BCUT2D eigenvalue weighted by Crippen LogP contribution is -2.33. The van der Waals surface area contributed by atoms with Gasteiger partial charge in [-0.25, -0.2) is 0 Å². The highest BCUT2D eigenvalue weighted by Crippen LogP contribution is 2.24. The van der Waals surface area contributed by atoms with Crippen molar-refractivity contribution in [2.45, 2.75) is 45.6 Å². The van der Waals surface area contributed by atoms with E-state index in [9.17, 15) is 9.90 Å². The van der Waals surface area contributed by atoms with Crippen molar-refractivity contribution < 1.29 is 9.90 Å². The Kier molecular flexibility index (Phi) is 4.73. The summed E-state index contributed by atoms with van der Waals surface area (Å²) in [6.07, 6.45) is 1.81. The van der Waals surface area contributed by atoms with Crippen LogP contribution in [-0.2, 0) is 11.2 Å².